The molecule has 0 aliphatic carbocycles. The van der Waals surface area contributed by atoms with Gasteiger partial charge in [0.1, 0.15) is 18.2 Å². The SMILES string of the molecule is CC1(C(=O)NC2CCN(CCOc3ccc(F)cc3)CC2)CNC1. The molecule has 0 spiro atoms. The molecule has 5 nitrogen and oxygen atoms in total. The van der Waals surface area contributed by atoms with Crippen LogP contribution in [-0.4, -0.2) is 56.2 Å². The zero-order valence-corrected chi connectivity index (χ0v) is 14.2. The Morgan fingerprint density at radius 3 is 2.58 bits per heavy atom. The summed E-state index contributed by atoms with van der Waals surface area (Å²) in [5.41, 5.74) is -0.222. The van der Waals surface area contributed by atoms with E-state index in [1.165, 1.54) is 12.1 Å². The lowest BCUT2D eigenvalue weighted by Gasteiger charge is -2.40. The minimum absolute atomic E-state index is 0.180. The van der Waals surface area contributed by atoms with Crippen LogP contribution in [-0.2, 0) is 4.79 Å². The number of hydrogen-bond acceptors (Lipinski definition) is 4. The normalized spacial score (nSPS) is 21.1. The van der Waals surface area contributed by atoms with Gasteiger partial charge >= 0.3 is 0 Å². The third-order valence-electron chi connectivity index (χ3n) is 4.99. The fraction of sp³-hybridized carbons (Fsp3) is 0.611. The van der Waals surface area contributed by atoms with Gasteiger partial charge in [0.2, 0.25) is 5.91 Å². The molecule has 0 bridgehead atoms. The Morgan fingerprint density at radius 2 is 2.00 bits per heavy atom. The second-order valence-electron chi connectivity index (χ2n) is 7.06. The third kappa shape index (κ3) is 4.24. The van der Waals surface area contributed by atoms with E-state index in [4.69, 9.17) is 4.74 Å². The summed E-state index contributed by atoms with van der Waals surface area (Å²) < 4.78 is 18.5. The molecule has 2 saturated heterocycles. The smallest absolute Gasteiger partial charge is 0.228 e. The highest BCUT2D eigenvalue weighted by Gasteiger charge is 2.40. The zero-order chi connectivity index (χ0) is 17.0. The van der Waals surface area contributed by atoms with Gasteiger partial charge < -0.3 is 15.4 Å². The summed E-state index contributed by atoms with van der Waals surface area (Å²) in [5, 5.41) is 6.36. The first-order valence-corrected chi connectivity index (χ1v) is 8.68. The maximum Gasteiger partial charge on any atom is 0.228 e. The van der Waals surface area contributed by atoms with Crippen LogP contribution >= 0.6 is 0 Å². The molecule has 0 saturated carbocycles. The summed E-state index contributed by atoms with van der Waals surface area (Å²) in [6.45, 7) is 6.93. The predicted octanol–water partition coefficient (Wildman–Crippen LogP) is 1.39. The summed E-state index contributed by atoms with van der Waals surface area (Å²) in [7, 11) is 0. The summed E-state index contributed by atoms with van der Waals surface area (Å²) in [6, 6.07) is 6.38. The van der Waals surface area contributed by atoms with Crippen molar-refractivity contribution in [3.8, 4) is 5.75 Å². The largest absolute Gasteiger partial charge is 0.492 e. The van der Waals surface area contributed by atoms with Crippen molar-refractivity contribution < 1.29 is 13.9 Å². The number of amides is 1. The number of nitrogens with one attached hydrogen (secondary N) is 2. The Kier molecular flexibility index (Phi) is 5.36. The van der Waals surface area contributed by atoms with Crippen LogP contribution in [0, 0.1) is 11.2 Å². The molecule has 2 aliphatic rings. The number of benzene rings is 1. The molecule has 6 heteroatoms. The highest BCUT2D eigenvalue weighted by molar-refractivity contribution is 5.84. The number of nitrogens with zero attached hydrogens (tertiary/aromatic N) is 1. The summed E-state index contributed by atoms with van der Waals surface area (Å²) >= 11 is 0. The first kappa shape index (κ1) is 17.2. The summed E-state index contributed by atoms with van der Waals surface area (Å²) in [6.07, 6.45) is 1.96. The fourth-order valence-electron chi connectivity index (χ4n) is 3.14. The molecule has 1 aromatic carbocycles. The van der Waals surface area contributed by atoms with Crippen molar-refractivity contribution in [1.29, 1.82) is 0 Å². The molecule has 3 rings (SSSR count). The number of halogens is 1. The van der Waals surface area contributed by atoms with E-state index in [0.29, 0.717) is 12.4 Å². The second kappa shape index (κ2) is 7.49. The van der Waals surface area contributed by atoms with Crippen molar-refractivity contribution >= 4 is 5.91 Å². The molecule has 1 aromatic rings. The Morgan fingerprint density at radius 1 is 1.33 bits per heavy atom. The van der Waals surface area contributed by atoms with Crippen molar-refractivity contribution in [3.05, 3.63) is 30.1 Å². The van der Waals surface area contributed by atoms with E-state index in [2.05, 4.69) is 15.5 Å². The van der Waals surface area contributed by atoms with Crippen molar-refractivity contribution in [2.24, 2.45) is 5.41 Å². The van der Waals surface area contributed by atoms with Gasteiger partial charge in [-0.2, -0.15) is 0 Å². The van der Waals surface area contributed by atoms with E-state index >= 15 is 0 Å². The van der Waals surface area contributed by atoms with Crippen LogP contribution in [0.5, 0.6) is 5.75 Å². The van der Waals surface area contributed by atoms with Gasteiger partial charge in [0, 0.05) is 38.8 Å². The number of piperidine rings is 1. The van der Waals surface area contributed by atoms with Gasteiger partial charge in [-0.05, 0) is 44.0 Å². The van der Waals surface area contributed by atoms with Gasteiger partial charge in [0.25, 0.3) is 0 Å². The average molecular weight is 335 g/mol. The van der Waals surface area contributed by atoms with Gasteiger partial charge in [-0.1, -0.05) is 0 Å². The van der Waals surface area contributed by atoms with Crippen LogP contribution in [0.4, 0.5) is 4.39 Å². The number of rotatable bonds is 6. The van der Waals surface area contributed by atoms with Gasteiger partial charge in [0.15, 0.2) is 0 Å². The Labute approximate surface area is 142 Å². The first-order chi connectivity index (χ1) is 11.5. The van der Waals surface area contributed by atoms with Gasteiger partial charge in [0.05, 0.1) is 5.41 Å². The molecule has 2 heterocycles. The molecule has 0 unspecified atom stereocenters. The molecule has 24 heavy (non-hydrogen) atoms. The van der Waals surface area contributed by atoms with E-state index in [-0.39, 0.29) is 23.2 Å². The summed E-state index contributed by atoms with van der Waals surface area (Å²) in [4.78, 5) is 14.6. The number of ether oxygens (including phenoxy) is 1. The molecule has 0 radical (unpaired) electrons. The van der Waals surface area contributed by atoms with Gasteiger partial charge in [-0.15, -0.1) is 0 Å². The quantitative estimate of drug-likeness (QED) is 0.825. The first-order valence-electron chi connectivity index (χ1n) is 8.68. The Bertz CT molecular complexity index is 552. The van der Waals surface area contributed by atoms with Crippen LogP contribution < -0.4 is 15.4 Å². The van der Waals surface area contributed by atoms with E-state index in [1.54, 1.807) is 12.1 Å². The topological polar surface area (TPSA) is 53.6 Å². The number of carbonyl (C=O) groups is 1. The minimum Gasteiger partial charge on any atom is -0.492 e. The molecule has 0 atom stereocenters. The molecule has 132 valence electrons. The Hall–Kier alpha value is -1.66. The van der Waals surface area contributed by atoms with Crippen LogP contribution in [0.1, 0.15) is 19.8 Å². The lowest BCUT2D eigenvalue weighted by Crippen LogP contribution is -2.61. The molecular weight excluding hydrogens is 309 g/mol. The lowest BCUT2D eigenvalue weighted by atomic mass is 9.82. The Balaban J connectivity index is 1.33. The van der Waals surface area contributed by atoms with Crippen LogP contribution in [0.3, 0.4) is 0 Å². The van der Waals surface area contributed by atoms with Crippen LogP contribution in [0.2, 0.25) is 0 Å². The maximum atomic E-state index is 12.8. The number of likely N-dealkylation sites (tertiary alicyclic amines) is 1. The van der Waals surface area contributed by atoms with Gasteiger partial charge in [-0.25, -0.2) is 4.39 Å². The zero-order valence-electron chi connectivity index (χ0n) is 14.2. The molecular formula is C18H26FN3O2. The average Bonchev–Trinajstić information content (AvgIpc) is 2.56. The van der Waals surface area contributed by atoms with E-state index in [1.807, 2.05) is 6.92 Å². The molecule has 0 aromatic heterocycles. The van der Waals surface area contributed by atoms with E-state index < -0.39 is 0 Å². The van der Waals surface area contributed by atoms with E-state index in [9.17, 15) is 9.18 Å². The van der Waals surface area contributed by atoms with E-state index in [0.717, 1.165) is 45.6 Å². The van der Waals surface area contributed by atoms with Crippen molar-refractivity contribution in [3.63, 3.8) is 0 Å². The maximum absolute atomic E-state index is 12.8. The molecule has 2 fully saturated rings. The van der Waals surface area contributed by atoms with Crippen LogP contribution in [0.25, 0.3) is 0 Å². The molecule has 2 aliphatic heterocycles. The second-order valence-corrected chi connectivity index (χ2v) is 7.06. The molecule has 1 amide bonds. The third-order valence-corrected chi connectivity index (χ3v) is 4.99. The number of hydrogen-bond donors (Lipinski definition) is 2. The lowest BCUT2D eigenvalue weighted by molar-refractivity contribution is -0.133. The molecule has 2 N–H and O–H groups in total. The van der Waals surface area contributed by atoms with Crippen molar-refractivity contribution in [2.75, 3.05) is 39.3 Å². The fourth-order valence-corrected chi connectivity index (χ4v) is 3.14. The summed E-state index contributed by atoms with van der Waals surface area (Å²) in [5.74, 6) is 0.623. The monoisotopic (exact) mass is 335 g/mol. The predicted molar refractivity (Wildman–Crippen MR) is 90.5 cm³/mol. The highest BCUT2D eigenvalue weighted by Crippen LogP contribution is 2.22. The van der Waals surface area contributed by atoms with Crippen molar-refractivity contribution in [1.82, 2.24) is 15.5 Å². The number of carbonyl (C=O) groups excluding carboxylic acids is 1. The van der Waals surface area contributed by atoms with Crippen LogP contribution in [0.15, 0.2) is 24.3 Å². The standard InChI is InChI=1S/C18H26FN3O2/c1-18(12-20-13-18)17(23)21-15-6-8-22(9-7-15)10-11-24-16-4-2-14(19)3-5-16/h2-5,15,20H,6-13H2,1H3,(H,21,23). The highest BCUT2D eigenvalue weighted by atomic mass is 19.1. The van der Waals surface area contributed by atoms with Crippen molar-refractivity contribution in [2.45, 2.75) is 25.8 Å². The minimum atomic E-state index is -0.252. The van der Waals surface area contributed by atoms with Gasteiger partial charge in [-0.3, -0.25) is 9.69 Å².